The molecule has 1 saturated carbocycles. The maximum Gasteiger partial charge on any atom is 0.174 e. The van der Waals surface area contributed by atoms with Crippen molar-refractivity contribution in [1.82, 2.24) is 0 Å². The molecule has 0 aromatic heterocycles. The van der Waals surface area contributed by atoms with E-state index in [-0.39, 0.29) is 0 Å². The van der Waals surface area contributed by atoms with Crippen LogP contribution in [-0.4, -0.2) is 20.3 Å². The predicted molar refractivity (Wildman–Crippen MR) is 80.9 cm³/mol. The summed E-state index contributed by atoms with van der Waals surface area (Å²) in [6.45, 7) is 1.55. The van der Waals surface area contributed by atoms with E-state index in [9.17, 15) is 0 Å². The highest BCUT2D eigenvalue weighted by atomic mass is 79.9. The van der Waals surface area contributed by atoms with Gasteiger partial charge in [-0.25, -0.2) is 0 Å². The lowest BCUT2D eigenvalue weighted by Gasteiger charge is -2.14. The molecule has 2 rings (SSSR count). The van der Waals surface area contributed by atoms with Crippen LogP contribution < -0.4 is 15.2 Å². The number of halogens is 1. The predicted octanol–water partition coefficient (Wildman–Crippen LogP) is 3.53. The molecule has 0 unspecified atom stereocenters. The Kier molecular flexibility index (Phi) is 5.52. The monoisotopic (exact) mass is 327 g/mol. The largest absolute Gasteiger partial charge is 0.492 e. The van der Waals surface area contributed by atoms with Crippen molar-refractivity contribution in [3.05, 3.63) is 22.2 Å². The summed E-state index contributed by atoms with van der Waals surface area (Å²) in [7, 11) is 1.68. The Bertz CT molecular complexity index is 419. The van der Waals surface area contributed by atoms with Gasteiger partial charge in [0.25, 0.3) is 0 Å². The van der Waals surface area contributed by atoms with Gasteiger partial charge in [0.15, 0.2) is 11.5 Å². The van der Waals surface area contributed by atoms with Gasteiger partial charge in [0, 0.05) is 0 Å². The van der Waals surface area contributed by atoms with Crippen molar-refractivity contribution in [2.75, 3.05) is 20.3 Å². The fraction of sp³-hybridized carbons (Fsp3) is 0.600. The molecule has 1 aromatic rings. The Morgan fingerprint density at radius 1 is 1.32 bits per heavy atom. The van der Waals surface area contributed by atoms with Crippen molar-refractivity contribution in [3.8, 4) is 11.5 Å². The number of hydrogen-bond acceptors (Lipinski definition) is 3. The van der Waals surface area contributed by atoms with Crippen LogP contribution in [-0.2, 0) is 6.42 Å². The number of aryl methyl sites for hydroxylation is 1. The summed E-state index contributed by atoms with van der Waals surface area (Å²) in [6.07, 6.45) is 5.78. The van der Waals surface area contributed by atoms with Gasteiger partial charge in [-0.05, 0) is 78.2 Å². The molecule has 3 nitrogen and oxygen atoms in total. The highest BCUT2D eigenvalue weighted by Gasteiger charge is 2.23. The Balaban J connectivity index is 2.06. The molecular formula is C15H22BrNO2. The fourth-order valence-corrected chi connectivity index (χ4v) is 2.69. The van der Waals surface area contributed by atoms with Crippen molar-refractivity contribution in [1.29, 1.82) is 0 Å². The van der Waals surface area contributed by atoms with Crippen LogP contribution in [0.4, 0.5) is 0 Å². The lowest BCUT2D eigenvalue weighted by molar-refractivity contribution is 0.279. The summed E-state index contributed by atoms with van der Waals surface area (Å²) < 4.78 is 12.3. The van der Waals surface area contributed by atoms with Crippen LogP contribution in [0.2, 0.25) is 0 Å². The minimum atomic E-state index is 0.740. The van der Waals surface area contributed by atoms with Gasteiger partial charge in [0.05, 0.1) is 18.2 Å². The van der Waals surface area contributed by atoms with E-state index in [1.807, 2.05) is 0 Å². The van der Waals surface area contributed by atoms with Crippen molar-refractivity contribution in [3.63, 3.8) is 0 Å². The smallest absolute Gasteiger partial charge is 0.174 e. The van der Waals surface area contributed by atoms with Gasteiger partial charge in [-0.1, -0.05) is 0 Å². The number of methoxy groups -OCH3 is 1. The summed E-state index contributed by atoms with van der Waals surface area (Å²) in [5.74, 6) is 2.39. The quantitative estimate of drug-likeness (QED) is 0.743. The molecule has 1 aromatic carbocycles. The van der Waals surface area contributed by atoms with Gasteiger partial charge in [-0.2, -0.15) is 0 Å². The zero-order valence-electron chi connectivity index (χ0n) is 11.5. The summed E-state index contributed by atoms with van der Waals surface area (Å²) in [5, 5.41) is 0. The average molecular weight is 328 g/mol. The van der Waals surface area contributed by atoms with E-state index in [1.165, 1.54) is 18.4 Å². The normalized spacial score (nSPS) is 14.5. The zero-order chi connectivity index (χ0) is 13.7. The summed E-state index contributed by atoms with van der Waals surface area (Å²) in [5.41, 5.74) is 6.80. The molecule has 1 aliphatic rings. The van der Waals surface area contributed by atoms with E-state index in [4.69, 9.17) is 15.2 Å². The van der Waals surface area contributed by atoms with Crippen molar-refractivity contribution < 1.29 is 9.47 Å². The topological polar surface area (TPSA) is 44.5 Å². The minimum absolute atomic E-state index is 0.740. The van der Waals surface area contributed by atoms with Crippen LogP contribution in [0.3, 0.4) is 0 Å². The van der Waals surface area contributed by atoms with Gasteiger partial charge in [-0.15, -0.1) is 0 Å². The standard InChI is InChI=1S/C15H22BrNO2/c1-18-15-13(16)8-12(4-2-3-7-17)9-14(15)19-10-11-5-6-11/h8-9,11H,2-7,10,17H2,1H3. The number of hydrogen-bond donors (Lipinski definition) is 1. The molecule has 4 heteroatoms. The van der Waals surface area contributed by atoms with Crippen LogP contribution in [0, 0.1) is 5.92 Å². The van der Waals surface area contributed by atoms with Gasteiger partial charge >= 0.3 is 0 Å². The minimum Gasteiger partial charge on any atom is -0.492 e. The average Bonchev–Trinajstić information content (AvgIpc) is 3.20. The number of rotatable bonds is 8. The SMILES string of the molecule is COc1c(Br)cc(CCCCN)cc1OCC1CC1. The third-order valence-corrected chi connectivity index (χ3v) is 3.95. The van der Waals surface area contributed by atoms with Crippen LogP contribution in [0.1, 0.15) is 31.2 Å². The molecule has 0 heterocycles. The third-order valence-electron chi connectivity index (χ3n) is 3.36. The van der Waals surface area contributed by atoms with E-state index in [1.54, 1.807) is 7.11 Å². The highest BCUT2D eigenvalue weighted by Crippen LogP contribution is 2.38. The Morgan fingerprint density at radius 3 is 2.74 bits per heavy atom. The van der Waals surface area contributed by atoms with E-state index in [2.05, 4.69) is 28.1 Å². The first-order valence-electron chi connectivity index (χ1n) is 6.94. The van der Waals surface area contributed by atoms with Gasteiger partial charge < -0.3 is 15.2 Å². The van der Waals surface area contributed by atoms with E-state index >= 15 is 0 Å². The molecule has 0 radical (unpaired) electrons. The van der Waals surface area contributed by atoms with Crippen LogP contribution in [0.5, 0.6) is 11.5 Å². The van der Waals surface area contributed by atoms with Gasteiger partial charge in [0.1, 0.15) is 0 Å². The maximum atomic E-state index is 5.90. The molecule has 19 heavy (non-hydrogen) atoms. The van der Waals surface area contributed by atoms with E-state index in [0.29, 0.717) is 0 Å². The first kappa shape index (κ1) is 14.7. The lowest BCUT2D eigenvalue weighted by atomic mass is 10.1. The van der Waals surface area contributed by atoms with Gasteiger partial charge in [-0.3, -0.25) is 0 Å². The summed E-state index contributed by atoms with van der Waals surface area (Å²) in [4.78, 5) is 0. The number of unbranched alkanes of at least 4 members (excludes halogenated alkanes) is 1. The molecular weight excluding hydrogens is 306 g/mol. The number of benzene rings is 1. The molecule has 0 saturated heterocycles. The second-order valence-electron chi connectivity index (χ2n) is 5.11. The Labute approximate surface area is 123 Å². The lowest BCUT2D eigenvalue weighted by Crippen LogP contribution is -2.03. The molecule has 106 valence electrons. The second kappa shape index (κ2) is 7.15. The van der Waals surface area contributed by atoms with Crippen molar-refractivity contribution in [2.24, 2.45) is 11.7 Å². The van der Waals surface area contributed by atoms with Gasteiger partial charge in [0.2, 0.25) is 0 Å². The summed E-state index contributed by atoms with van der Waals surface area (Å²) in [6, 6.07) is 4.21. The van der Waals surface area contributed by atoms with Crippen LogP contribution in [0.15, 0.2) is 16.6 Å². The Hall–Kier alpha value is -0.740. The number of ether oxygens (including phenoxy) is 2. The van der Waals surface area contributed by atoms with Crippen molar-refractivity contribution in [2.45, 2.75) is 32.1 Å². The molecule has 0 bridgehead atoms. The third kappa shape index (κ3) is 4.39. The van der Waals surface area contributed by atoms with Crippen LogP contribution >= 0.6 is 15.9 Å². The molecule has 0 amide bonds. The zero-order valence-corrected chi connectivity index (χ0v) is 13.0. The first-order chi connectivity index (χ1) is 9.24. The second-order valence-corrected chi connectivity index (χ2v) is 5.96. The van der Waals surface area contributed by atoms with E-state index < -0.39 is 0 Å². The molecule has 1 aliphatic carbocycles. The molecule has 2 N–H and O–H groups in total. The number of nitrogens with two attached hydrogens (primary N) is 1. The molecule has 1 fully saturated rings. The fourth-order valence-electron chi connectivity index (χ4n) is 2.04. The Morgan fingerprint density at radius 2 is 2.11 bits per heavy atom. The molecule has 0 aliphatic heterocycles. The van der Waals surface area contributed by atoms with E-state index in [0.717, 1.165) is 54.3 Å². The molecule has 0 atom stereocenters. The summed E-state index contributed by atoms with van der Waals surface area (Å²) >= 11 is 3.56. The highest BCUT2D eigenvalue weighted by molar-refractivity contribution is 9.10. The molecule has 0 spiro atoms. The first-order valence-corrected chi connectivity index (χ1v) is 7.73. The van der Waals surface area contributed by atoms with Crippen LogP contribution in [0.25, 0.3) is 0 Å². The van der Waals surface area contributed by atoms with Crippen molar-refractivity contribution >= 4 is 15.9 Å². The maximum absolute atomic E-state index is 5.90.